The van der Waals surface area contributed by atoms with Crippen LogP contribution in [0.4, 0.5) is 0 Å². The van der Waals surface area contributed by atoms with Crippen molar-refractivity contribution >= 4 is 28.5 Å². The van der Waals surface area contributed by atoms with Crippen LogP contribution >= 0.6 is 0 Å². The number of rotatable bonds is 9. The van der Waals surface area contributed by atoms with Crippen molar-refractivity contribution in [3.63, 3.8) is 0 Å². The molecule has 2 aliphatic carbocycles. The molecule has 246 valence electrons. The molecule has 0 spiro atoms. The van der Waals surface area contributed by atoms with Crippen molar-refractivity contribution in [3.8, 4) is 17.3 Å². The van der Waals surface area contributed by atoms with E-state index in [4.69, 9.17) is 20.4 Å². The van der Waals surface area contributed by atoms with Gasteiger partial charge in [-0.1, -0.05) is 18.2 Å². The van der Waals surface area contributed by atoms with Gasteiger partial charge in [0.25, 0.3) is 11.8 Å². The van der Waals surface area contributed by atoms with Crippen molar-refractivity contribution < 1.29 is 14.3 Å². The van der Waals surface area contributed by atoms with Crippen LogP contribution in [0.5, 0.6) is 5.88 Å². The number of pyridine rings is 2. The average Bonchev–Trinajstić information content (AvgIpc) is 3.98. The number of imidazole rings is 1. The summed E-state index contributed by atoms with van der Waals surface area (Å²) < 4.78 is 10.4. The molecule has 4 atom stereocenters. The summed E-state index contributed by atoms with van der Waals surface area (Å²) in [6.45, 7) is 2.83. The fourth-order valence-electron chi connectivity index (χ4n) is 8.12. The Bertz CT molecular complexity index is 2080. The minimum absolute atomic E-state index is 0.0156. The Labute approximate surface area is 279 Å². The van der Waals surface area contributed by atoms with Crippen molar-refractivity contribution in [1.29, 1.82) is 0 Å². The van der Waals surface area contributed by atoms with Crippen LogP contribution in [0.1, 0.15) is 95.9 Å². The molecule has 10 nitrogen and oxygen atoms in total. The van der Waals surface area contributed by atoms with Gasteiger partial charge in [0, 0.05) is 53.2 Å². The van der Waals surface area contributed by atoms with Crippen molar-refractivity contribution in [3.05, 3.63) is 83.2 Å². The fourth-order valence-corrected chi connectivity index (χ4v) is 8.12. The number of carbonyl (C=O) groups is 2. The molecule has 3 N–H and O–H groups in total. The highest BCUT2D eigenvalue weighted by Gasteiger charge is 2.47. The van der Waals surface area contributed by atoms with E-state index in [2.05, 4.69) is 26.4 Å². The number of fused-ring (bicyclic) bond motifs is 4. The second-order valence-electron chi connectivity index (χ2n) is 14.3. The predicted molar refractivity (Wildman–Crippen MR) is 183 cm³/mol. The molecule has 4 aromatic heterocycles. The summed E-state index contributed by atoms with van der Waals surface area (Å²) in [7, 11) is 1.67. The maximum absolute atomic E-state index is 13.9. The second-order valence-corrected chi connectivity index (χ2v) is 14.3. The SMILES string of the molecule is COc1cc(C(=O)N2[C@H]3CC[C@@H]2[C@H](N)C3)cc2nc(-c3cc4ccc([C@@H](C)NC(=O)c5ccccc5)nc4n3CC3CC3)c(C3CC3)n12. The monoisotopic (exact) mass is 643 g/mol. The first-order chi connectivity index (χ1) is 23.4. The van der Waals surface area contributed by atoms with Crippen LogP contribution in [0, 0.1) is 5.92 Å². The molecular weight excluding hydrogens is 602 g/mol. The molecule has 10 heteroatoms. The topological polar surface area (TPSA) is 120 Å². The zero-order valence-corrected chi connectivity index (χ0v) is 27.4. The molecule has 2 saturated heterocycles. The summed E-state index contributed by atoms with van der Waals surface area (Å²) in [5, 5.41) is 4.16. The number of nitrogens with two attached hydrogens (primary N) is 1. The standard InChI is InChI=1S/C38H41N7O3/c1-21(40-37(46)24-6-4-3-5-7-24)29-14-12-25-16-31(43(36(25)41-29)20-22-8-9-22)34-35(23-10-11-23)45-32(42-34)17-26(18-33(45)48-2)38(47)44-27-13-15-30(44)28(39)19-27/h3-7,12,14,16-18,21-23,27-28,30H,8-11,13,15,19-20,39H2,1-2H3,(H,40,46)/t21-,27+,28-,30-/m1/s1. The van der Waals surface area contributed by atoms with Gasteiger partial charge in [0.15, 0.2) is 5.88 Å². The smallest absolute Gasteiger partial charge is 0.254 e. The number of ether oxygens (including phenoxy) is 1. The van der Waals surface area contributed by atoms with Crippen LogP contribution in [0.25, 0.3) is 28.1 Å². The van der Waals surface area contributed by atoms with Gasteiger partial charge in [-0.05, 0) is 94.2 Å². The van der Waals surface area contributed by atoms with E-state index in [1.807, 2.05) is 60.4 Å². The molecule has 9 rings (SSSR count). The lowest BCUT2D eigenvalue weighted by atomic mass is 9.97. The number of hydrogen-bond acceptors (Lipinski definition) is 6. The van der Waals surface area contributed by atoms with Gasteiger partial charge in [0.2, 0.25) is 0 Å². The maximum Gasteiger partial charge on any atom is 0.254 e. The van der Waals surface area contributed by atoms with E-state index in [-0.39, 0.29) is 36.0 Å². The van der Waals surface area contributed by atoms with Crippen LogP contribution in [0.2, 0.25) is 0 Å². The van der Waals surface area contributed by atoms with E-state index in [1.54, 1.807) is 7.11 Å². The maximum atomic E-state index is 13.9. The lowest BCUT2D eigenvalue weighted by Crippen LogP contribution is -2.40. The molecule has 0 unspecified atom stereocenters. The Morgan fingerprint density at radius 2 is 1.79 bits per heavy atom. The lowest BCUT2D eigenvalue weighted by molar-refractivity contribution is 0.0725. The molecule has 4 fully saturated rings. The number of amides is 2. The molecule has 1 aromatic carbocycles. The quantitative estimate of drug-likeness (QED) is 0.208. The van der Waals surface area contributed by atoms with E-state index in [9.17, 15) is 9.59 Å². The predicted octanol–water partition coefficient (Wildman–Crippen LogP) is 5.84. The molecule has 2 saturated carbocycles. The van der Waals surface area contributed by atoms with Crippen molar-refractivity contribution in [2.24, 2.45) is 11.7 Å². The number of benzene rings is 1. The number of hydrogen-bond donors (Lipinski definition) is 2. The largest absolute Gasteiger partial charge is 0.482 e. The lowest BCUT2D eigenvalue weighted by Gasteiger charge is -2.23. The molecule has 6 heterocycles. The summed E-state index contributed by atoms with van der Waals surface area (Å²) in [5.74, 6) is 1.48. The number of aromatic nitrogens is 4. The molecule has 2 bridgehead atoms. The third-order valence-electron chi connectivity index (χ3n) is 10.9. The molecule has 0 radical (unpaired) electrons. The minimum atomic E-state index is -0.271. The first-order valence-corrected chi connectivity index (χ1v) is 17.4. The summed E-state index contributed by atoms with van der Waals surface area (Å²) >= 11 is 0. The van der Waals surface area contributed by atoms with E-state index < -0.39 is 0 Å². The number of methoxy groups -OCH3 is 1. The molecule has 2 aliphatic heterocycles. The molecule has 5 aromatic rings. The summed E-state index contributed by atoms with van der Waals surface area (Å²) in [4.78, 5) is 39.4. The zero-order chi connectivity index (χ0) is 32.7. The summed E-state index contributed by atoms with van der Waals surface area (Å²) in [5.41, 5.74) is 13.1. The molecule has 2 amide bonds. The van der Waals surface area contributed by atoms with Gasteiger partial charge in [-0.2, -0.15) is 0 Å². The Kier molecular flexibility index (Phi) is 6.86. The van der Waals surface area contributed by atoms with Gasteiger partial charge in [0.05, 0.1) is 30.2 Å². The Morgan fingerprint density at radius 1 is 0.979 bits per heavy atom. The van der Waals surface area contributed by atoms with Gasteiger partial charge in [-0.3, -0.25) is 14.0 Å². The van der Waals surface area contributed by atoms with E-state index >= 15 is 0 Å². The fraction of sp³-hybridized carbons (Fsp3) is 0.421. The number of carbonyl (C=O) groups excluding carboxylic acids is 2. The van der Waals surface area contributed by atoms with Crippen LogP contribution in [0.3, 0.4) is 0 Å². The van der Waals surface area contributed by atoms with Crippen molar-refractivity contribution in [1.82, 2.24) is 29.2 Å². The van der Waals surface area contributed by atoms with E-state index in [0.29, 0.717) is 28.8 Å². The number of nitrogens with zero attached hydrogens (tertiary/aromatic N) is 5. The van der Waals surface area contributed by atoms with Gasteiger partial charge in [-0.25, -0.2) is 9.97 Å². The zero-order valence-electron chi connectivity index (χ0n) is 27.4. The van der Waals surface area contributed by atoms with E-state index in [0.717, 1.165) is 78.1 Å². The second kappa shape index (κ2) is 11.2. The first-order valence-electron chi connectivity index (χ1n) is 17.4. The molecule has 48 heavy (non-hydrogen) atoms. The minimum Gasteiger partial charge on any atom is -0.482 e. The Balaban J connectivity index is 1.13. The van der Waals surface area contributed by atoms with Gasteiger partial charge < -0.3 is 25.3 Å². The van der Waals surface area contributed by atoms with Crippen molar-refractivity contribution in [2.45, 2.75) is 88.5 Å². The van der Waals surface area contributed by atoms with Gasteiger partial charge in [0.1, 0.15) is 17.0 Å². The normalized spacial score (nSPS) is 22.5. The highest BCUT2D eigenvalue weighted by molar-refractivity contribution is 5.97. The van der Waals surface area contributed by atoms with E-state index in [1.165, 1.54) is 12.8 Å². The van der Waals surface area contributed by atoms with Crippen molar-refractivity contribution in [2.75, 3.05) is 7.11 Å². The Hall–Kier alpha value is -4.70. The van der Waals surface area contributed by atoms with Gasteiger partial charge >= 0.3 is 0 Å². The average molecular weight is 644 g/mol. The van der Waals surface area contributed by atoms with Crippen LogP contribution in [-0.2, 0) is 6.54 Å². The van der Waals surface area contributed by atoms with Crippen LogP contribution in [0.15, 0.2) is 60.7 Å². The number of nitrogens with one attached hydrogen (secondary N) is 1. The summed E-state index contributed by atoms with van der Waals surface area (Å²) in [6.07, 6.45) is 7.43. The summed E-state index contributed by atoms with van der Waals surface area (Å²) in [6, 6.07) is 19.5. The third-order valence-corrected chi connectivity index (χ3v) is 10.9. The highest BCUT2D eigenvalue weighted by Crippen LogP contribution is 2.47. The highest BCUT2D eigenvalue weighted by atomic mass is 16.5. The van der Waals surface area contributed by atoms with Gasteiger partial charge in [-0.15, -0.1) is 0 Å². The van der Waals surface area contributed by atoms with Crippen LogP contribution in [-0.4, -0.2) is 60.9 Å². The molecule has 4 aliphatic rings. The third kappa shape index (κ3) is 4.87. The first kappa shape index (κ1) is 29.4. The molecular formula is C38H41N7O3. The Morgan fingerprint density at radius 3 is 2.48 bits per heavy atom. The van der Waals surface area contributed by atoms with Crippen LogP contribution < -0.4 is 15.8 Å².